The van der Waals surface area contributed by atoms with Crippen LogP contribution in [0.25, 0.3) is 5.76 Å². The summed E-state index contributed by atoms with van der Waals surface area (Å²) in [7, 11) is 1.49. The average Bonchev–Trinajstić information content (AvgIpc) is 3.35. The number of methoxy groups -OCH3 is 1. The number of aryl methyl sites for hydroxylation is 2. The summed E-state index contributed by atoms with van der Waals surface area (Å²) in [5.41, 5.74) is 1.56. The molecule has 1 aliphatic rings. The number of para-hydroxylation sites is 2. The molecule has 33 heavy (non-hydrogen) atoms. The number of nitrogens with zero attached hydrogens (tertiary/aromatic N) is 1. The third kappa shape index (κ3) is 3.86. The molecule has 1 unspecified atom stereocenters. The van der Waals surface area contributed by atoms with Crippen LogP contribution in [0.15, 0.2) is 64.6 Å². The Morgan fingerprint density at radius 1 is 1.06 bits per heavy atom. The highest BCUT2D eigenvalue weighted by Crippen LogP contribution is 2.45. The molecule has 0 spiro atoms. The van der Waals surface area contributed by atoms with E-state index in [2.05, 4.69) is 0 Å². The maximum absolute atomic E-state index is 13.2. The van der Waals surface area contributed by atoms with Crippen molar-refractivity contribution in [1.29, 1.82) is 0 Å². The van der Waals surface area contributed by atoms with Crippen molar-refractivity contribution in [3.8, 4) is 11.5 Å². The number of furan rings is 1. The van der Waals surface area contributed by atoms with Crippen LogP contribution in [0.5, 0.6) is 11.5 Å². The second kappa shape index (κ2) is 8.86. The van der Waals surface area contributed by atoms with Gasteiger partial charge in [0.25, 0.3) is 11.7 Å². The lowest BCUT2D eigenvalue weighted by Gasteiger charge is -2.25. The third-order valence-corrected chi connectivity index (χ3v) is 5.57. The highest BCUT2D eigenvalue weighted by atomic mass is 16.5. The Morgan fingerprint density at radius 2 is 1.82 bits per heavy atom. The van der Waals surface area contributed by atoms with Gasteiger partial charge in [0.15, 0.2) is 0 Å². The fourth-order valence-corrected chi connectivity index (χ4v) is 4.05. The summed E-state index contributed by atoms with van der Waals surface area (Å²) in [6.07, 6.45) is 0. The number of hydrogen-bond acceptors (Lipinski definition) is 6. The van der Waals surface area contributed by atoms with Gasteiger partial charge in [-0.3, -0.25) is 14.5 Å². The zero-order chi connectivity index (χ0) is 23.7. The molecular weight excluding hydrogens is 422 g/mol. The second-order valence-electron chi connectivity index (χ2n) is 7.70. The van der Waals surface area contributed by atoms with Crippen LogP contribution >= 0.6 is 0 Å². The van der Waals surface area contributed by atoms with Crippen molar-refractivity contribution >= 4 is 23.1 Å². The number of Topliss-reactive ketones (excluding diaryl/α,β-unsaturated/α-hetero) is 1. The van der Waals surface area contributed by atoms with E-state index in [0.717, 1.165) is 5.56 Å². The van der Waals surface area contributed by atoms with Crippen LogP contribution in [-0.2, 0) is 9.59 Å². The van der Waals surface area contributed by atoms with Crippen molar-refractivity contribution in [1.82, 2.24) is 0 Å². The van der Waals surface area contributed by atoms with E-state index in [1.165, 1.54) is 12.0 Å². The van der Waals surface area contributed by atoms with Crippen molar-refractivity contribution in [2.45, 2.75) is 26.8 Å². The molecule has 3 aromatic rings. The van der Waals surface area contributed by atoms with Crippen LogP contribution in [0.1, 0.15) is 35.6 Å². The molecule has 1 N–H and O–H groups in total. The van der Waals surface area contributed by atoms with Gasteiger partial charge < -0.3 is 19.0 Å². The minimum absolute atomic E-state index is 0.0520. The van der Waals surface area contributed by atoms with E-state index < -0.39 is 17.7 Å². The minimum atomic E-state index is -0.957. The number of aliphatic hydroxyl groups is 1. The maximum atomic E-state index is 13.2. The van der Waals surface area contributed by atoms with Gasteiger partial charge in [0.1, 0.15) is 34.8 Å². The van der Waals surface area contributed by atoms with Gasteiger partial charge in [0.2, 0.25) is 0 Å². The molecule has 7 heteroatoms. The van der Waals surface area contributed by atoms with Crippen LogP contribution < -0.4 is 14.4 Å². The summed E-state index contributed by atoms with van der Waals surface area (Å²) in [6, 6.07) is 14.5. The number of benzene rings is 2. The largest absolute Gasteiger partial charge is 0.507 e. The van der Waals surface area contributed by atoms with Crippen LogP contribution in [0.4, 0.5) is 5.69 Å². The van der Waals surface area contributed by atoms with Gasteiger partial charge in [-0.1, -0.05) is 12.1 Å². The number of carbonyl (C=O) groups excluding carboxylic acids is 2. The number of amides is 1. The van der Waals surface area contributed by atoms with Crippen LogP contribution in [0.3, 0.4) is 0 Å². The first kappa shape index (κ1) is 22.2. The maximum Gasteiger partial charge on any atom is 0.300 e. The molecule has 1 saturated heterocycles. The third-order valence-electron chi connectivity index (χ3n) is 5.57. The van der Waals surface area contributed by atoms with Crippen molar-refractivity contribution in [2.75, 3.05) is 18.6 Å². The summed E-state index contributed by atoms with van der Waals surface area (Å²) in [4.78, 5) is 27.8. The SMILES string of the molecule is CCOc1ccc(/C(O)=C2/C(=O)C(=O)N(c3ccccc3OC)C2c2ccc(C)o2)cc1C. The molecule has 170 valence electrons. The number of carbonyl (C=O) groups is 2. The van der Waals surface area contributed by atoms with E-state index >= 15 is 0 Å². The molecule has 1 aromatic heterocycles. The zero-order valence-corrected chi connectivity index (χ0v) is 18.9. The van der Waals surface area contributed by atoms with Crippen molar-refractivity contribution in [3.05, 3.63) is 82.8 Å². The second-order valence-corrected chi connectivity index (χ2v) is 7.70. The van der Waals surface area contributed by atoms with E-state index in [1.807, 2.05) is 13.8 Å². The zero-order valence-electron chi connectivity index (χ0n) is 18.9. The van der Waals surface area contributed by atoms with Gasteiger partial charge in [-0.05, 0) is 68.8 Å². The fraction of sp³-hybridized carbons (Fsp3) is 0.231. The topological polar surface area (TPSA) is 89.2 Å². The molecule has 1 atom stereocenters. The van der Waals surface area contributed by atoms with Gasteiger partial charge >= 0.3 is 0 Å². The Hall–Kier alpha value is -4.00. The summed E-state index contributed by atoms with van der Waals surface area (Å²) < 4.78 is 16.8. The molecule has 1 amide bonds. The molecule has 0 radical (unpaired) electrons. The van der Waals surface area contributed by atoms with Crippen LogP contribution in [0.2, 0.25) is 0 Å². The van der Waals surface area contributed by atoms with E-state index in [-0.39, 0.29) is 11.3 Å². The van der Waals surface area contributed by atoms with Crippen molar-refractivity contribution in [3.63, 3.8) is 0 Å². The Bertz CT molecular complexity index is 1260. The monoisotopic (exact) mass is 447 g/mol. The van der Waals surface area contributed by atoms with E-state index in [9.17, 15) is 14.7 Å². The highest BCUT2D eigenvalue weighted by molar-refractivity contribution is 6.51. The molecule has 0 bridgehead atoms. The summed E-state index contributed by atoms with van der Waals surface area (Å²) in [5.74, 6) is 0.225. The molecular formula is C26H25NO6. The van der Waals surface area contributed by atoms with E-state index in [1.54, 1.807) is 61.5 Å². The normalized spacial score (nSPS) is 17.5. The predicted octanol–water partition coefficient (Wildman–Crippen LogP) is 4.93. The van der Waals surface area contributed by atoms with Crippen LogP contribution in [0, 0.1) is 13.8 Å². The highest BCUT2D eigenvalue weighted by Gasteiger charge is 2.49. The first-order chi connectivity index (χ1) is 15.9. The number of anilines is 1. The molecule has 7 nitrogen and oxygen atoms in total. The summed E-state index contributed by atoms with van der Waals surface area (Å²) >= 11 is 0. The number of hydrogen-bond donors (Lipinski definition) is 1. The van der Waals surface area contributed by atoms with Gasteiger partial charge in [0, 0.05) is 5.56 Å². The standard InChI is InChI=1S/C26H25NO6/c1-5-32-19-13-11-17(14-15(19)2)24(28)22-23(21-12-10-16(3)33-21)27(26(30)25(22)29)18-8-6-7-9-20(18)31-4/h6-14,23,28H,5H2,1-4H3/b24-22-. The van der Waals surface area contributed by atoms with Crippen molar-refractivity contribution < 1.29 is 28.6 Å². The molecule has 2 heterocycles. The number of rotatable bonds is 6. The molecule has 0 aliphatic carbocycles. The van der Waals surface area contributed by atoms with Crippen LogP contribution in [-0.4, -0.2) is 30.5 Å². The Balaban J connectivity index is 1.92. The predicted molar refractivity (Wildman–Crippen MR) is 124 cm³/mol. The summed E-state index contributed by atoms with van der Waals surface area (Å²) in [5, 5.41) is 11.2. The Kier molecular flexibility index (Phi) is 5.96. The van der Waals surface area contributed by atoms with E-state index in [0.29, 0.717) is 40.9 Å². The number of aliphatic hydroxyl groups excluding tert-OH is 1. The minimum Gasteiger partial charge on any atom is -0.507 e. The number of ether oxygens (including phenoxy) is 2. The average molecular weight is 447 g/mol. The summed E-state index contributed by atoms with van der Waals surface area (Å²) in [6.45, 7) is 6.02. The van der Waals surface area contributed by atoms with Gasteiger partial charge in [-0.15, -0.1) is 0 Å². The lowest BCUT2D eigenvalue weighted by Crippen LogP contribution is -2.29. The van der Waals surface area contributed by atoms with Crippen molar-refractivity contribution in [2.24, 2.45) is 0 Å². The quantitative estimate of drug-likeness (QED) is 0.327. The lowest BCUT2D eigenvalue weighted by atomic mass is 9.98. The Labute approximate surface area is 191 Å². The molecule has 1 aliphatic heterocycles. The molecule has 4 rings (SSSR count). The Morgan fingerprint density at radius 3 is 2.45 bits per heavy atom. The van der Waals surface area contributed by atoms with E-state index in [4.69, 9.17) is 13.9 Å². The fourth-order valence-electron chi connectivity index (χ4n) is 4.05. The molecule has 1 fully saturated rings. The first-order valence-electron chi connectivity index (χ1n) is 10.6. The van der Waals surface area contributed by atoms with Gasteiger partial charge in [0.05, 0.1) is 25.0 Å². The lowest BCUT2D eigenvalue weighted by molar-refractivity contribution is -0.132. The van der Waals surface area contributed by atoms with Gasteiger partial charge in [-0.2, -0.15) is 0 Å². The first-order valence-corrected chi connectivity index (χ1v) is 10.6. The molecule has 0 saturated carbocycles. The smallest absolute Gasteiger partial charge is 0.300 e. The number of ketones is 1. The van der Waals surface area contributed by atoms with Gasteiger partial charge in [-0.25, -0.2) is 0 Å². The molecule has 2 aromatic carbocycles.